The third-order valence-corrected chi connectivity index (χ3v) is 5.44. The number of hydrogen-bond acceptors (Lipinski definition) is 3. The molecule has 6 nitrogen and oxygen atoms in total. The SMILES string of the molecule is CCCCNC(=NCC(=O)N(C)C)NC1CC(OCC)C12CCC2. The summed E-state index contributed by atoms with van der Waals surface area (Å²) in [5, 5.41) is 6.95. The molecule has 2 aliphatic rings. The summed E-state index contributed by atoms with van der Waals surface area (Å²) < 4.78 is 5.91. The first kappa shape index (κ1) is 19.0. The Bertz CT molecular complexity index is 446. The van der Waals surface area contributed by atoms with Crippen LogP contribution in [-0.2, 0) is 9.53 Å². The fourth-order valence-electron chi connectivity index (χ4n) is 3.63. The molecule has 6 heteroatoms. The Morgan fingerprint density at radius 1 is 1.33 bits per heavy atom. The van der Waals surface area contributed by atoms with Crippen LogP contribution in [0.5, 0.6) is 0 Å². The van der Waals surface area contributed by atoms with E-state index in [2.05, 4.69) is 29.5 Å². The Labute approximate surface area is 146 Å². The van der Waals surface area contributed by atoms with Gasteiger partial charge in [-0.2, -0.15) is 0 Å². The van der Waals surface area contributed by atoms with Crippen molar-refractivity contribution in [2.75, 3.05) is 33.8 Å². The fourth-order valence-corrected chi connectivity index (χ4v) is 3.63. The molecule has 2 saturated carbocycles. The third-order valence-electron chi connectivity index (χ3n) is 5.44. The average molecular weight is 338 g/mol. The summed E-state index contributed by atoms with van der Waals surface area (Å²) in [4.78, 5) is 17.9. The highest BCUT2D eigenvalue weighted by Gasteiger charge is 2.59. The van der Waals surface area contributed by atoms with Crippen LogP contribution in [0.2, 0.25) is 0 Å². The van der Waals surface area contributed by atoms with Crippen molar-refractivity contribution in [3.63, 3.8) is 0 Å². The molecular formula is C18H34N4O2. The molecule has 0 radical (unpaired) electrons. The first-order valence-electron chi connectivity index (χ1n) is 9.40. The Morgan fingerprint density at radius 3 is 2.62 bits per heavy atom. The van der Waals surface area contributed by atoms with E-state index in [1.54, 1.807) is 19.0 Å². The average Bonchev–Trinajstić information content (AvgIpc) is 2.48. The molecule has 24 heavy (non-hydrogen) atoms. The maximum atomic E-state index is 11.8. The van der Waals surface area contributed by atoms with E-state index >= 15 is 0 Å². The van der Waals surface area contributed by atoms with E-state index in [-0.39, 0.29) is 17.9 Å². The van der Waals surface area contributed by atoms with Crippen LogP contribution < -0.4 is 10.6 Å². The number of ether oxygens (including phenoxy) is 1. The predicted molar refractivity (Wildman–Crippen MR) is 97.1 cm³/mol. The molecule has 0 aromatic carbocycles. The van der Waals surface area contributed by atoms with Gasteiger partial charge in [0, 0.05) is 38.7 Å². The Hall–Kier alpha value is -1.30. The number of carbonyl (C=O) groups is 1. The molecule has 0 aromatic rings. The van der Waals surface area contributed by atoms with Gasteiger partial charge in [-0.25, -0.2) is 4.99 Å². The zero-order valence-corrected chi connectivity index (χ0v) is 15.7. The van der Waals surface area contributed by atoms with Gasteiger partial charge in [-0.1, -0.05) is 19.8 Å². The van der Waals surface area contributed by atoms with Gasteiger partial charge in [0.15, 0.2) is 5.96 Å². The summed E-state index contributed by atoms with van der Waals surface area (Å²) in [6.07, 6.45) is 7.40. The van der Waals surface area contributed by atoms with E-state index in [9.17, 15) is 4.79 Å². The normalized spacial score (nSPS) is 24.9. The lowest BCUT2D eigenvalue weighted by Crippen LogP contribution is -2.68. The van der Waals surface area contributed by atoms with Gasteiger partial charge in [-0.05, 0) is 32.6 Å². The lowest BCUT2D eigenvalue weighted by molar-refractivity contribution is -0.168. The molecule has 2 atom stereocenters. The number of rotatable bonds is 8. The van der Waals surface area contributed by atoms with E-state index in [4.69, 9.17) is 4.74 Å². The van der Waals surface area contributed by atoms with Gasteiger partial charge >= 0.3 is 0 Å². The monoisotopic (exact) mass is 338 g/mol. The maximum absolute atomic E-state index is 11.8. The number of nitrogens with zero attached hydrogens (tertiary/aromatic N) is 2. The van der Waals surface area contributed by atoms with Crippen LogP contribution in [0.1, 0.15) is 52.4 Å². The second kappa shape index (κ2) is 8.70. The first-order chi connectivity index (χ1) is 11.5. The van der Waals surface area contributed by atoms with Gasteiger partial charge in [-0.15, -0.1) is 0 Å². The summed E-state index contributed by atoms with van der Waals surface area (Å²) >= 11 is 0. The molecule has 2 aliphatic carbocycles. The quantitative estimate of drug-likeness (QED) is 0.402. The molecule has 2 fully saturated rings. The van der Waals surface area contributed by atoms with Gasteiger partial charge in [0.2, 0.25) is 5.91 Å². The topological polar surface area (TPSA) is 66.0 Å². The van der Waals surface area contributed by atoms with Gasteiger partial charge in [-0.3, -0.25) is 4.79 Å². The second-order valence-corrected chi connectivity index (χ2v) is 7.20. The van der Waals surface area contributed by atoms with Crippen molar-refractivity contribution < 1.29 is 9.53 Å². The minimum absolute atomic E-state index is 0.0192. The van der Waals surface area contributed by atoms with Gasteiger partial charge in [0.25, 0.3) is 0 Å². The highest BCUT2D eigenvalue weighted by atomic mass is 16.5. The van der Waals surface area contributed by atoms with Crippen LogP contribution in [0.25, 0.3) is 0 Å². The summed E-state index contributed by atoms with van der Waals surface area (Å²) in [5.74, 6) is 0.788. The van der Waals surface area contributed by atoms with Crippen LogP contribution in [0.4, 0.5) is 0 Å². The van der Waals surface area contributed by atoms with Crippen LogP contribution >= 0.6 is 0 Å². The van der Waals surface area contributed by atoms with Gasteiger partial charge < -0.3 is 20.3 Å². The Morgan fingerprint density at radius 2 is 2.08 bits per heavy atom. The van der Waals surface area contributed by atoms with Crippen LogP contribution in [-0.4, -0.2) is 62.7 Å². The smallest absolute Gasteiger partial charge is 0.243 e. The molecule has 2 N–H and O–H groups in total. The minimum atomic E-state index is 0.0192. The van der Waals surface area contributed by atoms with Crippen LogP contribution in [0.15, 0.2) is 4.99 Å². The van der Waals surface area contributed by atoms with E-state index in [1.165, 1.54) is 19.3 Å². The van der Waals surface area contributed by atoms with Crippen LogP contribution in [0, 0.1) is 5.41 Å². The molecule has 0 bridgehead atoms. The molecule has 0 aliphatic heterocycles. The molecule has 0 saturated heterocycles. The number of hydrogen-bond donors (Lipinski definition) is 2. The zero-order chi connectivity index (χ0) is 17.6. The van der Waals surface area contributed by atoms with Crippen molar-refractivity contribution in [2.24, 2.45) is 10.4 Å². The van der Waals surface area contributed by atoms with E-state index < -0.39 is 0 Å². The number of aliphatic imine (C=N–C) groups is 1. The van der Waals surface area contributed by atoms with Crippen molar-refractivity contribution >= 4 is 11.9 Å². The molecule has 2 rings (SSSR count). The molecule has 0 aromatic heterocycles. The zero-order valence-electron chi connectivity index (χ0n) is 15.7. The lowest BCUT2D eigenvalue weighted by atomic mass is 9.51. The molecule has 1 spiro atoms. The maximum Gasteiger partial charge on any atom is 0.243 e. The number of carbonyl (C=O) groups excluding carboxylic acids is 1. The Balaban J connectivity index is 1.94. The minimum Gasteiger partial charge on any atom is -0.378 e. The fraction of sp³-hybridized carbons (Fsp3) is 0.889. The molecule has 2 unspecified atom stereocenters. The highest BCUT2D eigenvalue weighted by Crippen LogP contribution is 2.57. The van der Waals surface area contributed by atoms with Gasteiger partial charge in [0.05, 0.1) is 6.10 Å². The number of amides is 1. The second-order valence-electron chi connectivity index (χ2n) is 7.20. The first-order valence-corrected chi connectivity index (χ1v) is 9.40. The molecule has 0 heterocycles. The van der Waals surface area contributed by atoms with Crippen molar-refractivity contribution in [2.45, 2.75) is 64.5 Å². The third kappa shape index (κ3) is 4.21. The molecule has 1 amide bonds. The summed E-state index contributed by atoms with van der Waals surface area (Å²) in [6.45, 7) is 6.09. The van der Waals surface area contributed by atoms with Crippen molar-refractivity contribution in [1.29, 1.82) is 0 Å². The van der Waals surface area contributed by atoms with E-state index in [0.717, 1.165) is 38.4 Å². The summed E-state index contributed by atoms with van der Waals surface area (Å²) in [6, 6.07) is 0.408. The molecule has 138 valence electrons. The number of guanidine groups is 1. The number of likely N-dealkylation sites (N-methyl/N-ethyl adjacent to an activating group) is 1. The highest BCUT2D eigenvalue weighted by molar-refractivity contribution is 5.85. The van der Waals surface area contributed by atoms with Crippen molar-refractivity contribution in [3.05, 3.63) is 0 Å². The van der Waals surface area contributed by atoms with Gasteiger partial charge in [0.1, 0.15) is 6.54 Å². The number of nitrogens with one attached hydrogen (secondary N) is 2. The summed E-state index contributed by atoms with van der Waals surface area (Å²) in [5.41, 5.74) is 0.286. The van der Waals surface area contributed by atoms with Crippen molar-refractivity contribution in [3.8, 4) is 0 Å². The largest absolute Gasteiger partial charge is 0.378 e. The predicted octanol–water partition coefficient (Wildman–Crippen LogP) is 1.76. The standard InChI is InChI=1S/C18H34N4O2/c1-5-7-11-19-17(20-13-16(23)22(3)4)21-14-12-15(24-6-2)18(14)9-8-10-18/h14-15H,5-13H2,1-4H3,(H2,19,20,21). The lowest BCUT2D eigenvalue weighted by Gasteiger charge is -2.61. The van der Waals surface area contributed by atoms with Crippen LogP contribution in [0.3, 0.4) is 0 Å². The molecular weight excluding hydrogens is 304 g/mol. The van der Waals surface area contributed by atoms with Crippen molar-refractivity contribution in [1.82, 2.24) is 15.5 Å². The summed E-state index contributed by atoms with van der Waals surface area (Å²) in [7, 11) is 3.52. The van der Waals surface area contributed by atoms with E-state index in [1.807, 2.05) is 0 Å². The Kier molecular flexibility index (Phi) is 6.90. The van der Waals surface area contributed by atoms with E-state index in [0.29, 0.717) is 12.1 Å². The number of unbranched alkanes of at least 4 members (excludes halogenated alkanes) is 1.